The molecule has 0 bridgehead atoms. The SMILES string of the molecule is CCc1cn(Cc2c(Br)c(C)nn2C)c(=O)[nH]c1=O. The molecule has 2 aromatic heterocycles. The maximum absolute atomic E-state index is 11.8. The molecule has 0 aliphatic heterocycles. The lowest BCUT2D eigenvalue weighted by molar-refractivity contribution is 0.632. The molecule has 102 valence electrons. The lowest BCUT2D eigenvalue weighted by Crippen LogP contribution is -2.32. The Bertz CT molecular complexity index is 726. The first kappa shape index (κ1) is 13.8. The molecular weight excluding hydrogens is 312 g/mol. The van der Waals surface area contributed by atoms with Gasteiger partial charge in [-0.3, -0.25) is 19.0 Å². The van der Waals surface area contributed by atoms with Crippen molar-refractivity contribution >= 4 is 15.9 Å². The van der Waals surface area contributed by atoms with E-state index < -0.39 is 5.69 Å². The fourth-order valence-corrected chi connectivity index (χ4v) is 2.40. The van der Waals surface area contributed by atoms with Crippen LogP contribution in [0.4, 0.5) is 0 Å². The molecule has 7 heteroatoms. The van der Waals surface area contributed by atoms with E-state index >= 15 is 0 Å². The summed E-state index contributed by atoms with van der Waals surface area (Å²) < 4.78 is 4.09. The Balaban J connectivity index is 2.49. The lowest BCUT2D eigenvalue weighted by Gasteiger charge is -2.07. The summed E-state index contributed by atoms with van der Waals surface area (Å²) in [5, 5.41) is 4.28. The second kappa shape index (κ2) is 5.16. The van der Waals surface area contributed by atoms with Crippen molar-refractivity contribution in [3.8, 4) is 0 Å². The molecule has 6 nitrogen and oxygen atoms in total. The number of hydrogen-bond donors (Lipinski definition) is 1. The molecule has 0 aliphatic rings. The molecule has 0 amide bonds. The standard InChI is InChI=1S/C12H15BrN4O2/c1-4-8-5-17(12(19)14-11(8)18)6-9-10(13)7(2)15-16(9)3/h5H,4,6H2,1-3H3,(H,14,18,19). The first-order valence-electron chi connectivity index (χ1n) is 5.94. The number of halogens is 1. The minimum Gasteiger partial charge on any atom is -0.294 e. The van der Waals surface area contributed by atoms with E-state index in [4.69, 9.17) is 0 Å². The van der Waals surface area contributed by atoms with Gasteiger partial charge in [0, 0.05) is 18.8 Å². The zero-order valence-electron chi connectivity index (χ0n) is 11.0. The van der Waals surface area contributed by atoms with E-state index in [1.54, 1.807) is 10.9 Å². The highest BCUT2D eigenvalue weighted by molar-refractivity contribution is 9.10. The Labute approximate surface area is 118 Å². The zero-order chi connectivity index (χ0) is 14.2. The van der Waals surface area contributed by atoms with Crippen LogP contribution >= 0.6 is 15.9 Å². The van der Waals surface area contributed by atoms with Crippen molar-refractivity contribution in [1.82, 2.24) is 19.3 Å². The number of nitrogens with one attached hydrogen (secondary N) is 1. The van der Waals surface area contributed by atoms with Crippen LogP contribution in [-0.4, -0.2) is 19.3 Å². The third kappa shape index (κ3) is 2.56. The van der Waals surface area contributed by atoms with E-state index in [-0.39, 0.29) is 5.56 Å². The van der Waals surface area contributed by atoms with Crippen molar-refractivity contribution in [1.29, 1.82) is 0 Å². The Morgan fingerprint density at radius 3 is 2.63 bits per heavy atom. The number of hydrogen-bond acceptors (Lipinski definition) is 3. The summed E-state index contributed by atoms with van der Waals surface area (Å²) in [6.45, 7) is 4.13. The summed E-state index contributed by atoms with van der Waals surface area (Å²) in [6.07, 6.45) is 2.19. The highest BCUT2D eigenvalue weighted by atomic mass is 79.9. The maximum atomic E-state index is 11.8. The van der Waals surface area contributed by atoms with Crippen LogP contribution < -0.4 is 11.2 Å². The molecule has 0 radical (unpaired) electrons. The van der Waals surface area contributed by atoms with Gasteiger partial charge < -0.3 is 0 Å². The predicted octanol–water partition coefficient (Wildman–Crippen LogP) is 0.952. The van der Waals surface area contributed by atoms with Crippen molar-refractivity contribution in [3.05, 3.63) is 48.5 Å². The van der Waals surface area contributed by atoms with E-state index in [2.05, 4.69) is 26.0 Å². The van der Waals surface area contributed by atoms with Crippen molar-refractivity contribution in [2.24, 2.45) is 7.05 Å². The highest BCUT2D eigenvalue weighted by Gasteiger charge is 2.12. The van der Waals surface area contributed by atoms with Gasteiger partial charge in [-0.2, -0.15) is 5.10 Å². The molecule has 19 heavy (non-hydrogen) atoms. The molecule has 0 saturated heterocycles. The van der Waals surface area contributed by atoms with Gasteiger partial charge in [0.1, 0.15) is 0 Å². The van der Waals surface area contributed by atoms with Crippen LogP contribution in [0.15, 0.2) is 20.3 Å². The molecule has 0 fully saturated rings. The number of H-pyrrole nitrogens is 1. The van der Waals surface area contributed by atoms with Gasteiger partial charge >= 0.3 is 5.69 Å². The van der Waals surface area contributed by atoms with Crippen molar-refractivity contribution in [3.63, 3.8) is 0 Å². The topological polar surface area (TPSA) is 72.7 Å². The number of nitrogens with zero attached hydrogens (tertiary/aromatic N) is 3. The molecule has 0 aromatic carbocycles. The highest BCUT2D eigenvalue weighted by Crippen LogP contribution is 2.20. The summed E-state index contributed by atoms with van der Waals surface area (Å²) in [4.78, 5) is 25.7. The van der Waals surface area contributed by atoms with Crippen molar-refractivity contribution in [2.75, 3.05) is 0 Å². The van der Waals surface area contributed by atoms with Crippen LogP contribution in [0, 0.1) is 6.92 Å². The van der Waals surface area contributed by atoms with E-state index in [9.17, 15) is 9.59 Å². The Morgan fingerprint density at radius 2 is 2.11 bits per heavy atom. The monoisotopic (exact) mass is 326 g/mol. The zero-order valence-corrected chi connectivity index (χ0v) is 12.6. The van der Waals surface area contributed by atoms with E-state index in [1.807, 2.05) is 20.9 Å². The third-order valence-corrected chi connectivity index (χ3v) is 4.08. The molecule has 0 saturated carbocycles. The largest absolute Gasteiger partial charge is 0.328 e. The molecule has 1 N–H and O–H groups in total. The smallest absolute Gasteiger partial charge is 0.294 e. The van der Waals surface area contributed by atoms with Crippen LogP contribution in [-0.2, 0) is 20.0 Å². The summed E-state index contributed by atoms with van der Waals surface area (Å²) in [5.41, 5.74) is 1.62. The summed E-state index contributed by atoms with van der Waals surface area (Å²) in [5.74, 6) is 0. The summed E-state index contributed by atoms with van der Waals surface area (Å²) in [6, 6.07) is 0. The van der Waals surface area contributed by atoms with Gasteiger partial charge in [0.15, 0.2) is 0 Å². The molecular formula is C12H15BrN4O2. The minimum absolute atomic E-state index is 0.316. The van der Waals surface area contributed by atoms with Crippen LogP contribution in [0.2, 0.25) is 0 Å². The van der Waals surface area contributed by atoms with Crippen LogP contribution in [0.25, 0.3) is 0 Å². The van der Waals surface area contributed by atoms with Gasteiger partial charge in [-0.05, 0) is 29.3 Å². The predicted molar refractivity (Wildman–Crippen MR) is 75.4 cm³/mol. The lowest BCUT2D eigenvalue weighted by atomic mass is 10.2. The molecule has 0 atom stereocenters. The quantitative estimate of drug-likeness (QED) is 0.912. The average Bonchev–Trinajstić information content (AvgIpc) is 2.59. The maximum Gasteiger partial charge on any atom is 0.328 e. The Hall–Kier alpha value is -1.63. The van der Waals surface area contributed by atoms with Crippen molar-refractivity contribution in [2.45, 2.75) is 26.8 Å². The molecule has 2 heterocycles. The number of aromatic amines is 1. The molecule has 0 spiro atoms. The summed E-state index contributed by atoms with van der Waals surface area (Å²) in [7, 11) is 1.82. The normalized spacial score (nSPS) is 10.9. The Kier molecular flexibility index (Phi) is 3.75. The van der Waals surface area contributed by atoms with Gasteiger partial charge in [0.25, 0.3) is 5.56 Å². The minimum atomic E-state index is -0.409. The van der Waals surface area contributed by atoms with Gasteiger partial charge in [0.2, 0.25) is 0 Å². The van der Waals surface area contributed by atoms with Crippen LogP contribution in [0.1, 0.15) is 23.9 Å². The van der Waals surface area contributed by atoms with Crippen LogP contribution in [0.3, 0.4) is 0 Å². The third-order valence-electron chi connectivity index (χ3n) is 3.05. The van der Waals surface area contributed by atoms with Crippen LogP contribution in [0.5, 0.6) is 0 Å². The fraction of sp³-hybridized carbons (Fsp3) is 0.417. The van der Waals surface area contributed by atoms with E-state index in [0.717, 1.165) is 15.9 Å². The first-order chi connectivity index (χ1) is 8.93. The molecule has 0 aliphatic carbocycles. The number of rotatable bonds is 3. The average molecular weight is 327 g/mol. The summed E-state index contributed by atoms with van der Waals surface area (Å²) >= 11 is 3.46. The second-order valence-electron chi connectivity index (χ2n) is 4.36. The molecule has 2 rings (SSSR count). The van der Waals surface area contributed by atoms with Crippen molar-refractivity contribution < 1.29 is 0 Å². The van der Waals surface area contributed by atoms with Gasteiger partial charge in [-0.15, -0.1) is 0 Å². The number of aromatic nitrogens is 4. The van der Waals surface area contributed by atoms with E-state index in [0.29, 0.717) is 18.5 Å². The fourth-order valence-electron chi connectivity index (χ4n) is 1.94. The second-order valence-corrected chi connectivity index (χ2v) is 5.16. The van der Waals surface area contributed by atoms with Gasteiger partial charge in [-0.25, -0.2) is 4.79 Å². The molecule has 0 unspecified atom stereocenters. The first-order valence-corrected chi connectivity index (χ1v) is 6.74. The van der Waals surface area contributed by atoms with Gasteiger partial charge in [-0.1, -0.05) is 6.92 Å². The van der Waals surface area contributed by atoms with E-state index in [1.165, 1.54) is 4.57 Å². The molecule has 2 aromatic rings. The Morgan fingerprint density at radius 1 is 1.42 bits per heavy atom. The number of aryl methyl sites for hydroxylation is 3. The van der Waals surface area contributed by atoms with Gasteiger partial charge in [0.05, 0.1) is 22.4 Å².